The normalized spacial score (nSPS) is 10.9. The molecule has 80 valence electrons. The van der Waals surface area contributed by atoms with Crippen molar-refractivity contribution >= 4 is 43.2 Å². The van der Waals surface area contributed by atoms with Gasteiger partial charge < -0.3 is 4.90 Å². The molecule has 0 saturated heterocycles. The third kappa shape index (κ3) is 2.01. The first kappa shape index (κ1) is 10.9. The number of nitrogens with zero attached hydrogens (tertiary/aromatic N) is 2. The standard InChI is InChI=1S/C11H13BrN2S/c1-3-5-14(2)11-10-8(4-6-15-10)9(12)7-13-11/h4,6-7H,3,5H2,1-2H3. The number of fused-ring (bicyclic) bond motifs is 1. The lowest BCUT2D eigenvalue weighted by Gasteiger charge is -2.17. The molecule has 0 amide bonds. The zero-order valence-electron chi connectivity index (χ0n) is 8.83. The molecule has 0 aromatic carbocycles. The Labute approximate surface area is 102 Å². The molecule has 0 aliphatic rings. The van der Waals surface area contributed by atoms with Gasteiger partial charge in [0.05, 0.1) is 4.70 Å². The van der Waals surface area contributed by atoms with Gasteiger partial charge in [-0.25, -0.2) is 4.98 Å². The maximum absolute atomic E-state index is 4.49. The molecule has 2 aromatic heterocycles. The van der Waals surface area contributed by atoms with Gasteiger partial charge in [-0.15, -0.1) is 11.3 Å². The molecule has 15 heavy (non-hydrogen) atoms. The van der Waals surface area contributed by atoms with Crippen molar-refractivity contribution in [3.05, 3.63) is 22.1 Å². The van der Waals surface area contributed by atoms with Gasteiger partial charge in [0.25, 0.3) is 0 Å². The first-order valence-corrected chi connectivity index (χ1v) is 6.64. The molecule has 0 bridgehead atoms. The highest BCUT2D eigenvalue weighted by Crippen LogP contribution is 2.33. The first-order chi connectivity index (χ1) is 7.24. The number of anilines is 1. The third-order valence-corrected chi connectivity index (χ3v) is 3.89. The Hall–Kier alpha value is -0.610. The highest BCUT2D eigenvalue weighted by atomic mass is 79.9. The van der Waals surface area contributed by atoms with E-state index in [-0.39, 0.29) is 0 Å². The maximum Gasteiger partial charge on any atom is 0.146 e. The van der Waals surface area contributed by atoms with Crippen molar-refractivity contribution in [3.8, 4) is 0 Å². The number of pyridine rings is 1. The minimum Gasteiger partial charge on any atom is -0.359 e. The molecular weight excluding hydrogens is 272 g/mol. The average Bonchev–Trinajstić information content (AvgIpc) is 2.68. The maximum atomic E-state index is 4.49. The summed E-state index contributed by atoms with van der Waals surface area (Å²) in [7, 11) is 2.10. The van der Waals surface area contributed by atoms with E-state index in [4.69, 9.17) is 0 Å². The van der Waals surface area contributed by atoms with Crippen LogP contribution in [0.3, 0.4) is 0 Å². The van der Waals surface area contributed by atoms with Crippen molar-refractivity contribution < 1.29 is 0 Å². The highest BCUT2D eigenvalue weighted by molar-refractivity contribution is 9.10. The lowest BCUT2D eigenvalue weighted by molar-refractivity contribution is 0.842. The summed E-state index contributed by atoms with van der Waals surface area (Å²) in [5.74, 6) is 1.09. The molecule has 2 aromatic rings. The molecule has 0 radical (unpaired) electrons. The Morgan fingerprint density at radius 2 is 2.33 bits per heavy atom. The molecule has 0 spiro atoms. The predicted molar refractivity (Wildman–Crippen MR) is 70.9 cm³/mol. The first-order valence-electron chi connectivity index (χ1n) is 4.97. The lowest BCUT2D eigenvalue weighted by atomic mass is 10.3. The zero-order chi connectivity index (χ0) is 10.8. The van der Waals surface area contributed by atoms with Gasteiger partial charge in [0, 0.05) is 29.6 Å². The van der Waals surface area contributed by atoms with E-state index < -0.39 is 0 Å². The van der Waals surface area contributed by atoms with E-state index in [0.29, 0.717) is 0 Å². The van der Waals surface area contributed by atoms with E-state index in [9.17, 15) is 0 Å². The smallest absolute Gasteiger partial charge is 0.146 e. The number of thiophene rings is 1. The van der Waals surface area contributed by atoms with E-state index >= 15 is 0 Å². The van der Waals surface area contributed by atoms with Crippen molar-refractivity contribution in [1.82, 2.24) is 4.98 Å². The topological polar surface area (TPSA) is 16.1 Å². The average molecular weight is 285 g/mol. The van der Waals surface area contributed by atoms with Crippen LogP contribution in [0.4, 0.5) is 5.82 Å². The number of rotatable bonds is 3. The van der Waals surface area contributed by atoms with Crippen LogP contribution in [0.5, 0.6) is 0 Å². The predicted octanol–water partition coefficient (Wildman–Crippen LogP) is 3.91. The molecule has 0 aliphatic carbocycles. The SMILES string of the molecule is CCCN(C)c1ncc(Br)c2ccsc12. The van der Waals surface area contributed by atoms with E-state index in [1.165, 1.54) is 10.1 Å². The quantitative estimate of drug-likeness (QED) is 0.850. The number of hydrogen-bond donors (Lipinski definition) is 0. The van der Waals surface area contributed by atoms with E-state index in [1.54, 1.807) is 11.3 Å². The van der Waals surface area contributed by atoms with Crippen molar-refractivity contribution in [2.45, 2.75) is 13.3 Å². The van der Waals surface area contributed by atoms with Gasteiger partial charge in [-0.05, 0) is 33.8 Å². The summed E-state index contributed by atoms with van der Waals surface area (Å²) in [6.45, 7) is 3.22. The molecule has 4 heteroatoms. The fourth-order valence-corrected chi connectivity index (χ4v) is 3.15. The van der Waals surface area contributed by atoms with Crippen LogP contribution in [0, 0.1) is 0 Å². The van der Waals surface area contributed by atoms with Crippen molar-refractivity contribution in [3.63, 3.8) is 0 Å². The van der Waals surface area contributed by atoms with E-state index in [0.717, 1.165) is 23.3 Å². The monoisotopic (exact) mass is 284 g/mol. The fraction of sp³-hybridized carbons (Fsp3) is 0.364. The number of aromatic nitrogens is 1. The second-order valence-corrected chi connectivity index (χ2v) is 5.29. The van der Waals surface area contributed by atoms with Gasteiger partial charge in [0.1, 0.15) is 5.82 Å². The van der Waals surface area contributed by atoms with Crippen LogP contribution in [0.2, 0.25) is 0 Å². The Bertz CT molecular complexity index is 467. The third-order valence-electron chi connectivity index (χ3n) is 2.35. The Morgan fingerprint density at radius 1 is 1.53 bits per heavy atom. The molecule has 2 heterocycles. The highest BCUT2D eigenvalue weighted by Gasteiger charge is 2.10. The van der Waals surface area contributed by atoms with Gasteiger partial charge in [-0.3, -0.25) is 0 Å². The minimum absolute atomic E-state index is 1.04. The van der Waals surface area contributed by atoms with Crippen LogP contribution in [-0.4, -0.2) is 18.6 Å². The molecule has 2 rings (SSSR count). The summed E-state index contributed by atoms with van der Waals surface area (Å²) in [4.78, 5) is 6.70. The van der Waals surface area contributed by atoms with Gasteiger partial charge in [0.15, 0.2) is 0 Å². The molecule has 0 unspecified atom stereocenters. The van der Waals surface area contributed by atoms with Crippen LogP contribution in [0.25, 0.3) is 10.1 Å². The summed E-state index contributed by atoms with van der Waals surface area (Å²) in [5, 5.41) is 3.37. The van der Waals surface area contributed by atoms with Crippen molar-refractivity contribution in [2.75, 3.05) is 18.5 Å². The number of hydrogen-bond acceptors (Lipinski definition) is 3. The van der Waals surface area contributed by atoms with Gasteiger partial charge >= 0.3 is 0 Å². The van der Waals surface area contributed by atoms with Gasteiger partial charge in [-0.1, -0.05) is 6.92 Å². The zero-order valence-corrected chi connectivity index (χ0v) is 11.2. The minimum atomic E-state index is 1.04. The van der Waals surface area contributed by atoms with Gasteiger partial charge in [0.2, 0.25) is 0 Å². The molecule has 2 nitrogen and oxygen atoms in total. The molecular formula is C11H13BrN2S. The van der Waals surface area contributed by atoms with Gasteiger partial charge in [-0.2, -0.15) is 0 Å². The Kier molecular flexibility index (Phi) is 3.26. The van der Waals surface area contributed by atoms with E-state index in [1.807, 2.05) is 6.20 Å². The van der Waals surface area contributed by atoms with Crippen molar-refractivity contribution in [2.24, 2.45) is 0 Å². The molecule has 0 saturated carbocycles. The molecule has 0 fully saturated rings. The fourth-order valence-electron chi connectivity index (χ4n) is 1.63. The molecule has 0 N–H and O–H groups in total. The Balaban J connectivity index is 2.52. The van der Waals surface area contributed by atoms with E-state index in [2.05, 4.69) is 51.2 Å². The van der Waals surface area contributed by atoms with Crippen LogP contribution in [0.15, 0.2) is 22.1 Å². The lowest BCUT2D eigenvalue weighted by Crippen LogP contribution is -2.18. The summed E-state index contributed by atoms with van der Waals surface area (Å²) in [6, 6.07) is 2.13. The summed E-state index contributed by atoms with van der Waals surface area (Å²) < 4.78 is 2.34. The van der Waals surface area contributed by atoms with Crippen LogP contribution in [0.1, 0.15) is 13.3 Å². The van der Waals surface area contributed by atoms with Crippen LogP contribution in [-0.2, 0) is 0 Å². The Morgan fingerprint density at radius 3 is 3.07 bits per heavy atom. The molecule has 0 aliphatic heterocycles. The largest absolute Gasteiger partial charge is 0.359 e. The molecule has 0 atom stereocenters. The second-order valence-electron chi connectivity index (χ2n) is 3.51. The summed E-state index contributed by atoms with van der Waals surface area (Å²) in [5.41, 5.74) is 0. The van der Waals surface area contributed by atoms with Crippen LogP contribution < -0.4 is 4.90 Å². The van der Waals surface area contributed by atoms with Crippen molar-refractivity contribution in [1.29, 1.82) is 0 Å². The summed E-state index contributed by atoms with van der Waals surface area (Å²) in [6.07, 6.45) is 3.03. The number of halogens is 1. The summed E-state index contributed by atoms with van der Waals surface area (Å²) >= 11 is 5.27. The second kappa shape index (κ2) is 4.49. The van der Waals surface area contributed by atoms with Crippen LogP contribution >= 0.6 is 27.3 Å².